The molecule has 0 saturated heterocycles. The van der Waals surface area contributed by atoms with Gasteiger partial charge in [0.2, 0.25) is 11.8 Å². The van der Waals surface area contributed by atoms with Crippen LogP contribution in [0.2, 0.25) is 0 Å². The zero-order valence-electron chi connectivity index (χ0n) is 34.3. The fraction of sp³-hybridized carbons (Fsp3) is 0.488. The Labute approximate surface area is 343 Å². The van der Waals surface area contributed by atoms with Gasteiger partial charge in [-0.15, -0.1) is 0 Å². The Bertz CT molecular complexity index is 1920. The minimum Gasteiger partial charge on any atom is -0.450 e. The van der Waals surface area contributed by atoms with Gasteiger partial charge in [0.15, 0.2) is 0 Å². The molecule has 314 valence electrons. The van der Waals surface area contributed by atoms with Crippen LogP contribution in [0.4, 0.5) is 13.6 Å². The lowest BCUT2D eigenvalue weighted by atomic mass is 9.78. The Kier molecular flexibility index (Phi) is 16.2. The second-order valence-electron chi connectivity index (χ2n) is 16.5. The molecule has 58 heavy (non-hydrogen) atoms. The van der Waals surface area contributed by atoms with Crippen molar-refractivity contribution in [2.24, 2.45) is 16.6 Å². The summed E-state index contributed by atoms with van der Waals surface area (Å²) in [4.78, 5) is 70.1. The molecule has 0 bridgehead atoms. The second kappa shape index (κ2) is 20.6. The number of primary amides is 1. The highest BCUT2D eigenvalue weighted by atomic mass is 32.2. The van der Waals surface area contributed by atoms with E-state index in [4.69, 9.17) is 15.5 Å². The monoisotopic (exact) mass is 822 g/mol. The quantitative estimate of drug-likeness (QED) is 0.0910. The number of carbonyl (C=O) groups is 5. The standard InChI is InChI=1S/C43H56F2N6O6S/c1-42(2,3)34(20-23-57-41(46)56)51(38(55)28-58-24-12-8-11-15-35(52)47-21-22-50-36(53)18-19-37(50)54)39(43(4,5)6)40-48-33(31-25-30(44)16-17-32(31)45)27-49(40)26-29-13-9-7-10-14-29/h7,9-10,13-14,16-19,25,27,34,39H,8,11-12,15,20-24,26,28H2,1-6H3,(H2,46,56)(H,47,52)/t34?,39-/m0/s1. The van der Waals surface area contributed by atoms with Gasteiger partial charge in [0, 0.05) is 62.4 Å². The van der Waals surface area contributed by atoms with Gasteiger partial charge in [0.1, 0.15) is 17.5 Å². The minimum absolute atomic E-state index is 0.00136. The van der Waals surface area contributed by atoms with Crippen LogP contribution in [0.3, 0.4) is 0 Å². The van der Waals surface area contributed by atoms with E-state index >= 15 is 4.39 Å². The van der Waals surface area contributed by atoms with Crippen LogP contribution in [0.5, 0.6) is 0 Å². The summed E-state index contributed by atoms with van der Waals surface area (Å²) in [6.45, 7) is 12.7. The van der Waals surface area contributed by atoms with Crippen molar-refractivity contribution in [3.8, 4) is 11.3 Å². The number of nitrogens with two attached hydrogens (primary N) is 1. The number of ether oxygens (including phenoxy) is 1. The molecule has 2 aromatic carbocycles. The smallest absolute Gasteiger partial charge is 0.404 e. The Morgan fingerprint density at radius 2 is 1.64 bits per heavy atom. The maximum absolute atomic E-state index is 15.3. The van der Waals surface area contributed by atoms with E-state index < -0.39 is 40.6 Å². The molecule has 1 aromatic heterocycles. The Morgan fingerprint density at radius 3 is 2.28 bits per heavy atom. The molecule has 0 fully saturated rings. The maximum atomic E-state index is 15.3. The number of carbonyl (C=O) groups excluding carboxylic acids is 5. The molecule has 3 aromatic rings. The molecule has 0 aliphatic carbocycles. The molecule has 1 unspecified atom stereocenters. The molecule has 5 amide bonds. The third-order valence-corrected chi connectivity index (χ3v) is 10.8. The summed E-state index contributed by atoms with van der Waals surface area (Å²) in [5, 5.41) is 2.75. The van der Waals surface area contributed by atoms with Gasteiger partial charge in [-0.05, 0) is 53.2 Å². The van der Waals surface area contributed by atoms with Gasteiger partial charge in [0.05, 0.1) is 24.1 Å². The summed E-state index contributed by atoms with van der Waals surface area (Å²) in [5.41, 5.74) is 5.36. The SMILES string of the molecule is CC(C)(C)C(CCOC(N)=O)N(C(=O)CSCCCCCC(=O)NCCN1C(=O)C=CC1=O)[C@@H](c1nc(-c2cc(F)ccc2F)cn1Cc1ccccc1)C(C)(C)C. The number of aromatic nitrogens is 2. The molecule has 2 atom stereocenters. The average molecular weight is 823 g/mol. The van der Waals surface area contributed by atoms with Crippen LogP contribution in [-0.4, -0.2) is 86.3 Å². The van der Waals surface area contributed by atoms with Crippen molar-refractivity contribution < 1.29 is 37.5 Å². The molecule has 1 aliphatic rings. The third-order valence-electron chi connectivity index (χ3n) is 9.79. The average Bonchev–Trinajstić information content (AvgIpc) is 3.69. The number of thioether (sulfide) groups is 1. The summed E-state index contributed by atoms with van der Waals surface area (Å²) < 4.78 is 36.9. The second-order valence-corrected chi connectivity index (χ2v) is 17.6. The van der Waals surface area contributed by atoms with Crippen molar-refractivity contribution in [1.82, 2.24) is 24.7 Å². The Hall–Kier alpha value is -5.05. The number of imide groups is 1. The van der Waals surface area contributed by atoms with Gasteiger partial charge in [-0.2, -0.15) is 11.8 Å². The number of benzene rings is 2. The number of hydrogen-bond acceptors (Lipinski definition) is 8. The third kappa shape index (κ3) is 13.0. The Balaban J connectivity index is 1.56. The van der Waals surface area contributed by atoms with Crippen molar-refractivity contribution in [2.45, 2.75) is 92.3 Å². The summed E-state index contributed by atoms with van der Waals surface area (Å²) in [6.07, 6.45) is 5.91. The fourth-order valence-electron chi connectivity index (χ4n) is 7.01. The normalized spacial score (nSPS) is 14.1. The lowest BCUT2D eigenvalue weighted by molar-refractivity contribution is -0.141. The molecule has 1 aliphatic heterocycles. The predicted octanol–water partition coefficient (Wildman–Crippen LogP) is 7.03. The first kappa shape index (κ1) is 45.6. The molecular weight excluding hydrogens is 767 g/mol. The molecule has 0 spiro atoms. The van der Waals surface area contributed by atoms with Crippen LogP contribution < -0.4 is 11.1 Å². The number of rotatable bonds is 20. The minimum atomic E-state index is -0.918. The van der Waals surface area contributed by atoms with E-state index in [1.807, 2.05) is 81.3 Å². The van der Waals surface area contributed by atoms with Gasteiger partial charge in [-0.1, -0.05) is 78.3 Å². The maximum Gasteiger partial charge on any atom is 0.404 e. The first-order valence-corrected chi connectivity index (χ1v) is 20.7. The highest BCUT2D eigenvalue weighted by Gasteiger charge is 2.45. The molecular formula is C43H56F2N6O6S. The first-order valence-electron chi connectivity index (χ1n) is 19.5. The largest absolute Gasteiger partial charge is 0.450 e. The van der Waals surface area contributed by atoms with Gasteiger partial charge in [-0.25, -0.2) is 18.6 Å². The summed E-state index contributed by atoms with van der Waals surface area (Å²) in [6, 6.07) is 11.8. The van der Waals surface area contributed by atoms with Gasteiger partial charge in [-0.3, -0.25) is 24.1 Å². The molecule has 0 saturated carbocycles. The number of nitrogens with zero attached hydrogens (tertiary/aromatic N) is 4. The molecule has 0 radical (unpaired) electrons. The number of unbranched alkanes of at least 4 members (excludes halogenated alkanes) is 2. The van der Waals surface area contributed by atoms with Crippen LogP contribution in [0, 0.1) is 22.5 Å². The van der Waals surface area contributed by atoms with Crippen LogP contribution in [-0.2, 0) is 30.5 Å². The predicted molar refractivity (Wildman–Crippen MR) is 220 cm³/mol. The van der Waals surface area contributed by atoms with Crippen LogP contribution in [0.1, 0.15) is 91.1 Å². The van der Waals surface area contributed by atoms with Crippen molar-refractivity contribution in [1.29, 1.82) is 0 Å². The molecule has 12 nitrogen and oxygen atoms in total. The van der Waals surface area contributed by atoms with Gasteiger partial charge < -0.3 is 25.3 Å². The summed E-state index contributed by atoms with van der Waals surface area (Å²) in [7, 11) is 0. The van der Waals surface area contributed by atoms with Gasteiger partial charge in [0.25, 0.3) is 11.8 Å². The van der Waals surface area contributed by atoms with Crippen LogP contribution >= 0.6 is 11.8 Å². The number of imidazole rings is 1. The summed E-state index contributed by atoms with van der Waals surface area (Å²) >= 11 is 1.48. The van der Waals surface area contributed by atoms with Crippen LogP contribution in [0.25, 0.3) is 11.3 Å². The molecule has 3 N–H and O–H groups in total. The molecule has 4 rings (SSSR count). The molecule has 2 heterocycles. The zero-order chi connectivity index (χ0) is 42.6. The number of amides is 5. The Morgan fingerprint density at radius 1 is 0.948 bits per heavy atom. The topological polar surface area (TPSA) is 157 Å². The zero-order valence-corrected chi connectivity index (χ0v) is 35.1. The highest BCUT2D eigenvalue weighted by molar-refractivity contribution is 7.99. The van der Waals surface area contributed by atoms with Crippen molar-refractivity contribution in [2.75, 3.05) is 31.2 Å². The van der Waals surface area contributed by atoms with Crippen LogP contribution in [0.15, 0.2) is 66.9 Å². The van der Waals surface area contributed by atoms with E-state index in [9.17, 15) is 28.4 Å². The van der Waals surface area contributed by atoms with E-state index in [0.29, 0.717) is 31.0 Å². The van der Waals surface area contributed by atoms with E-state index in [2.05, 4.69) is 5.32 Å². The molecule has 15 heteroatoms. The van der Waals surface area contributed by atoms with E-state index in [-0.39, 0.29) is 66.8 Å². The van der Waals surface area contributed by atoms with E-state index in [0.717, 1.165) is 41.5 Å². The van der Waals surface area contributed by atoms with Crippen molar-refractivity contribution in [3.63, 3.8) is 0 Å². The van der Waals surface area contributed by atoms with E-state index in [1.54, 1.807) is 6.20 Å². The number of hydrogen-bond donors (Lipinski definition) is 2. The lowest BCUT2D eigenvalue weighted by Gasteiger charge is -2.48. The van der Waals surface area contributed by atoms with E-state index in [1.165, 1.54) is 23.9 Å². The number of nitrogens with one attached hydrogen (secondary N) is 1. The van der Waals surface area contributed by atoms with Crippen molar-refractivity contribution >= 4 is 41.5 Å². The van der Waals surface area contributed by atoms with Crippen molar-refractivity contribution in [3.05, 3.63) is 89.9 Å². The first-order chi connectivity index (χ1) is 27.4. The fourth-order valence-corrected chi connectivity index (χ4v) is 7.89. The van der Waals surface area contributed by atoms with Gasteiger partial charge >= 0.3 is 6.09 Å². The highest BCUT2D eigenvalue weighted by Crippen LogP contribution is 2.44. The lowest BCUT2D eigenvalue weighted by Crippen LogP contribution is -2.54. The summed E-state index contributed by atoms with van der Waals surface area (Å²) in [5.74, 6) is -1.07. The number of halogens is 2.